The number of hydrogen-bond donors (Lipinski definition) is 1. The van der Waals surface area contributed by atoms with E-state index in [9.17, 15) is 22.4 Å². The van der Waals surface area contributed by atoms with Crippen molar-refractivity contribution < 1.29 is 36.4 Å². The third-order valence-electron chi connectivity index (χ3n) is 7.75. The van der Waals surface area contributed by atoms with Crippen LogP contribution in [0.25, 0.3) is 34.0 Å². The number of benzene rings is 3. The van der Waals surface area contributed by atoms with Crippen LogP contribution in [0, 0.1) is 24.5 Å². The van der Waals surface area contributed by atoms with Crippen LogP contribution in [0.2, 0.25) is 0 Å². The molecule has 0 atom stereocenters. The molecular weight excluding hydrogens is 533 g/mol. The molecule has 0 saturated heterocycles. The molecule has 0 radical (unpaired) electrons. The predicted octanol–water partition coefficient (Wildman–Crippen LogP) is 6.85. The van der Waals surface area contributed by atoms with Crippen LogP contribution in [-0.2, 0) is 24.1 Å². The lowest BCUT2D eigenvalue weighted by molar-refractivity contribution is -0.147. The van der Waals surface area contributed by atoms with Crippen molar-refractivity contribution in [2.75, 3.05) is 0 Å². The summed E-state index contributed by atoms with van der Waals surface area (Å²) in [5.41, 5.74) is 1.32. The van der Waals surface area contributed by atoms with E-state index in [1.54, 1.807) is 0 Å². The van der Waals surface area contributed by atoms with E-state index < -0.39 is 29.3 Å². The van der Waals surface area contributed by atoms with Gasteiger partial charge < -0.3 is 9.63 Å². The van der Waals surface area contributed by atoms with Crippen LogP contribution in [0.15, 0.2) is 53.1 Å². The molecule has 11 heteroatoms. The summed E-state index contributed by atoms with van der Waals surface area (Å²) in [5, 5.41) is 13.1. The van der Waals surface area contributed by atoms with Crippen LogP contribution >= 0.6 is 0 Å². The first-order valence-corrected chi connectivity index (χ1v) is 12.6. The topological polar surface area (TPSA) is 79.5 Å². The van der Waals surface area contributed by atoms with Crippen molar-refractivity contribution >= 4 is 5.97 Å². The van der Waals surface area contributed by atoms with Gasteiger partial charge >= 0.3 is 12.1 Å². The molecule has 4 aromatic rings. The first kappa shape index (κ1) is 26.1. The van der Waals surface area contributed by atoms with E-state index in [0.717, 1.165) is 29.8 Å². The molecule has 1 saturated carbocycles. The van der Waals surface area contributed by atoms with Crippen LogP contribution < -0.4 is 0 Å². The highest BCUT2D eigenvalue weighted by Crippen LogP contribution is 2.39. The molecule has 0 amide bonds. The Balaban J connectivity index is 1.24. The number of nitrogens with zero attached hydrogens (tertiary/aromatic N) is 3. The second-order valence-corrected chi connectivity index (χ2v) is 10.3. The molecule has 0 bridgehead atoms. The molecule has 2 heterocycles. The summed E-state index contributed by atoms with van der Waals surface area (Å²) in [6.45, 7) is 2.93. The van der Waals surface area contributed by atoms with Crippen molar-refractivity contribution in [2.45, 2.75) is 45.1 Å². The molecule has 1 aliphatic carbocycles. The van der Waals surface area contributed by atoms with Crippen LogP contribution in [0.4, 0.5) is 22.0 Å². The third-order valence-corrected chi connectivity index (χ3v) is 7.75. The summed E-state index contributed by atoms with van der Waals surface area (Å²) in [6, 6.07) is 11.1. The number of carboxylic acids is 1. The van der Waals surface area contributed by atoms with E-state index in [1.165, 1.54) is 19.1 Å². The number of hydrogen-bond acceptors (Lipinski definition) is 5. The number of carbonyl (C=O) groups is 1. The monoisotopic (exact) mass is 555 g/mol. The number of aliphatic carboxylic acids is 1. The van der Waals surface area contributed by atoms with Crippen molar-refractivity contribution in [2.24, 2.45) is 5.92 Å². The fraction of sp³-hybridized carbons (Fsp3) is 0.276. The fourth-order valence-electron chi connectivity index (χ4n) is 5.45. The Kier molecular flexibility index (Phi) is 6.21. The molecular formula is C29H22F5N3O3. The predicted molar refractivity (Wildman–Crippen MR) is 134 cm³/mol. The second-order valence-electron chi connectivity index (χ2n) is 10.3. The molecule has 6 rings (SSSR count). The maximum absolute atomic E-state index is 15.2. The smallest absolute Gasteiger partial charge is 0.419 e. The molecule has 3 aromatic carbocycles. The Labute approximate surface area is 225 Å². The van der Waals surface area contributed by atoms with Gasteiger partial charge in [-0.05, 0) is 66.3 Å². The van der Waals surface area contributed by atoms with Gasteiger partial charge in [-0.3, -0.25) is 9.69 Å². The lowest BCUT2D eigenvalue weighted by Gasteiger charge is -2.39. The van der Waals surface area contributed by atoms with Gasteiger partial charge in [0.25, 0.3) is 5.89 Å². The quantitative estimate of drug-likeness (QED) is 0.271. The maximum Gasteiger partial charge on any atom is 0.419 e. The number of alkyl halides is 3. The highest BCUT2D eigenvalue weighted by Gasteiger charge is 2.40. The van der Waals surface area contributed by atoms with Gasteiger partial charge in [-0.15, -0.1) is 0 Å². The molecule has 1 N–H and O–H groups in total. The summed E-state index contributed by atoms with van der Waals surface area (Å²) >= 11 is 0. The molecule has 0 spiro atoms. The number of aryl methyl sites for hydroxylation is 1. The van der Waals surface area contributed by atoms with Crippen molar-refractivity contribution in [3.8, 4) is 34.0 Å². The molecule has 1 aliphatic heterocycles. The number of fused-ring (bicyclic) bond motifs is 1. The molecule has 0 unspecified atom stereocenters. The SMILES string of the molecule is Cc1cc(-c2nc(-c3ccc4c(c3)CN(C3CC(C(=O)O)C3)C4)no2)c(F)cc1-c1cccc(C(F)(F)F)c1F. The third kappa shape index (κ3) is 4.53. The number of rotatable bonds is 5. The van der Waals surface area contributed by atoms with Gasteiger partial charge in [0.05, 0.1) is 17.0 Å². The molecule has 1 aromatic heterocycles. The number of halogens is 5. The van der Waals surface area contributed by atoms with Gasteiger partial charge in [0.1, 0.15) is 11.6 Å². The fourth-order valence-corrected chi connectivity index (χ4v) is 5.45. The Morgan fingerprint density at radius 3 is 2.48 bits per heavy atom. The maximum atomic E-state index is 15.2. The highest BCUT2D eigenvalue weighted by molar-refractivity contribution is 5.73. The number of aromatic nitrogens is 2. The minimum Gasteiger partial charge on any atom is -0.481 e. The Morgan fingerprint density at radius 2 is 1.75 bits per heavy atom. The van der Waals surface area contributed by atoms with Crippen molar-refractivity contribution in [1.82, 2.24) is 15.0 Å². The van der Waals surface area contributed by atoms with E-state index in [4.69, 9.17) is 9.63 Å². The zero-order valence-corrected chi connectivity index (χ0v) is 21.1. The molecule has 2 aliphatic rings. The average Bonchev–Trinajstić information content (AvgIpc) is 3.50. The highest BCUT2D eigenvalue weighted by atomic mass is 19.4. The van der Waals surface area contributed by atoms with Gasteiger partial charge in [0.2, 0.25) is 5.82 Å². The first-order valence-electron chi connectivity index (χ1n) is 12.6. The Morgan fingerprint density at radius 1 is 1.00 bits per heavy atom. The first-order chi connectivity index (χ1) is 19.0. The Bertz CT molecular complexity index is 1640. The minimum atomic E-state index is -4.89. The van der Waals surface area contributed by atoms with Gasteiger partial charge in [0.15, 0.2) is 0 Å². The summed E-state index contributed by atoms with van der Waals surface area (Å²) < 4.78 is 74.7. The van der Waals surface area contributed by atoms with Crippen LogP contribution in [0.1, 0.15) is 35.1 Å². The van der Waals surface area contributed by atoms with Gasteiger partial charge in [-0.1, -0.05) is 29.4 Å². The van der Waals surface area contributed by atoms with Crippen LogP contribution in [0.5, 0.6) is 0 Å². The van der Waals surface area contributed by atoms with E-state index >= 15 is 4.39 Å². The Hall–Kier alpha value is -4.12. The minimum absolute atomic E-state index is 0.0195. The molecule has 6 nitrogen and oxygen atoms in total. The summed E-state index contributed by atoms with van der Waals surface area (Å²) in [5.74, 6) is -3.26. The lowest BCUT2D eigenvalue weighted by Crippen LogP contribution is -2.44. The summed E-state index contributed by atoms with van der Waals surface area (Å²) in [7, 11) is 0. The van der Waals surface area contributed by atoms with Gasteiger partial charge in [0, 0.05) is 30.3 Å². The van der Waals surface area contributed by atoms with Crippen molar-refractivity contribution in [1.29, 1.82) is 0 Å². The normalized spacial score (nSPS) is 18.9. The van der Waals surface area contributed by atoms with Gasteiger partial charge in [-0.2, -0.15) is 18.2 Å². The van der Waals surface area contributed by atoms with E-state index in [2.05, 4.69) is 15.0 Å². The standard InChI is InChI=1S/C29H22F5N3O3/c1-14-7-22(24(30)11-21(14)20-3-2-4-23(25(20)31)29(32,33)34)27-35-26(36-40-27)15-5-6-16-12-37(13-18(16)8-15)19-9-17(10-19)28(38)39/h2-8,11,17,19H,9-10,12-13H2,1H3,(H,38,39). The van der Waals surface area contributed by atoms with Crippen LogP contribution in [0.3, 0.4) is 0 Å². The summed E-state index contributed by atoms with van der Waals surface area (Å²) in [4.78, 5) is 17.7. The largest absolute Gasteiger partial charge is 0.481 e. The lowest BCUT2D eigenvalue weighted by atomic mass is 9.79. The molecule has 1 fully saturated rings. The van der Waals surface area contributed by atoms with Crippen LogP contribution in [-0.4, -0.2) is 32.2 Å². The molecule has 40 heavy (non-hydrogen) atoms. The van der Waals surface area contributed by atoms with E-state index in [-0.39, 0.29) is 40.4 Å². The van der Waals surface area contributed by atoms with Crippen molar-refractivity contribution in [3.05, 3.63) is 82.4 Å². The molecule has 206 valence electrons. The zero-order chi connectivity index (χ0) is 28.3. The summed E-state index contributed by atoms with van der Waals surface area (Å²) in [6.07, 6.45) is -3.62. The van der Waals surface area contributed by atoms with E-state index in [1.807, 2.05) is 18.2 Å². The second kappa shape index (κ2) is 9.51. The van der Waals surface area contributed by atoms with Gasteiger partial charge in [-0.25, -0.2) is 8.78 Å². The van der Waals surface area contributed by atoms with Crippen molar-refractivity contribution in [3.63, 3.8) is 0 Å². The average molecular weight is 556 g/mol. The van der Waals surface area contributed by atoms with E-state index in [0.29, 0.717) is 36.6 Å². The number of carboxylic acid groups (broad SMARTS) is 1. The zero-order valence-electron chi connectivity index (χ0n) is 21.1.